The van der Waals surface area contributed by atoms with Crippen LogP contribution in [-0.2, 0) is 14.4 Å². The lowest BCUT2D eigenvalue weighted by molar-refractivity contribution is -0.121. The molecule has 0 aromatic heterocycles. The number of nitrogens with one attached hydrogen (secondary N) is 1. The normalized spacial score (nSPS) is 18.5. The molecule has 6 heteroatoms. The molecule has 0 saturated carbocycles. The Balaban J connectivity index is 2.16. The Hall–Kier alpha value is -1.82. The molecule has 1 heterocycles. The smallest absolute Gasteiger partial charge is 0.247 e. The zero-order valence-electron chi connectivity index (χ0n) is 12.3. The van der Waals surface area contributed by atoms with Gasteiger partial charge < -0.3 is 5.32 Å². The predicted octanol–water partition coefficient (Wildman–Crippen LogP) is 2.42. The van der Waals surface area contributed by atoms with E-state index in [4.69, 9.17) is 0 Å². The van der Waals surface area contributed by atoms with E-state index in [0.717, 1.165) is 0 Å². The Morgan fingerprint density at radius 1 is 1.29 bits per heavy atom. The first-order valence-corrected chi connectivity index (χ1v) is 7.72. The highest BCUT2D eigenvalue weighted by atomic mass is 32.2. The van der Waals surface area contributed by atoms with Gasteiger partial charge in [0.2, 0.25) is 17.7 Å². The summed E-state index contributed by atoms with van der Waals surface area (Å²) in [6.07, 6.45) is 0.245. The van der Waals surface area contributed by atoms with E-state index in [0.29, 0.717) is 16.6 Å². The van der Waals surface area contributed by atoms with Crippen molar-refractivity contribution in [1.82, 2.24) is 0 Å². The molecule has 0 aliphatic carbocycles. The number of carbonyl (C=O) groups excluding carboxylic acids is 3. The Kier molecular flexibility index (Phi) is 4.67. The van der Waals surface area contributed by atoms with Crippen LogP contribution in [-0.4, -0.2) is 28.2 Å². The first kappa shape index (κ1) is 15.6. The maximum absolute atomic E-state index is 12.3. The van der Waals surface area contributed by atoms with E-state index in [2.05, 4.69) is 5.32 Å². The van der Waals surface area contributed by atoms with Crippen molar-refractivity contribution in [2.45, 2.75) is 37.7 Å². The quantitative estimate of drug-likeness (QED) is 0.868. The van der Waals surface area contributed by atoms with Gasteiger partial charge in [-0.25, -0.2) is 4.90 Å². The molecule has 1 aromatic carbocycles. The fraction of sp³-hybridized carbons (Fsp3) is 0.400. The van der Waals surface area contributed by atoms with E-state index >= 15 is 0 Å². The molecule has 5 nitrogen and oxygen atoms in total. The zero-order valence-corrected chi connectivity index (χ0v) is 13.1. The summed E-state index contributed by atoms with van der Waals surface area (Å²) >= 11 is 1.51. The summed E-state index contributed by atoms with van der Waals surface area (Å²) in [4.78, 5) is 36.6. The minimum atomic E-state index is -0.299. The number of nitrogens with zero attached hydrogens (tertiary/aromatic N) is 1. The van der Waals surface area contributed by atoms with Gasteiger partial charge >= 0.3 is 0 Å². The molecule has 0 bridgehead atoms. The highest BCUT2D eigenvalue weighted by Gasteiger charge is 2.40. The van der Waals surface area contributed by atoms with Gasteiger partial charge in [-0.1, -0.05) is 13.8 Å². The van der Waals surface area contributed by atoms with Crippen LogP contribution in [0.4, 0.5) is 11.4 Å². The van der Waals surface area contributed by atoms with Gasteiger partial charge in [0, 0.05) is 19.0 Å². The van der Waals surface area contributed by atoms with Crippen LogP contribution in [0.5, 0.6) is 0 Å². The molecule has 0 spiro atoms. The summed E-state index contributed by atoms with van der Waals surface area (Å²) in [5.41, 5.74) is 1.18. The second kappa shape index (κ2) is 6.30. The molecular weight excluding hydrogens is 288 g/mol. The zero-order chi connectivity index (χ0) is 15.6. The summed E-state index contributed by atoms with van der Waals surface area (Å²) in [5.74, 6) is -0.499. The Labute approximate surface area is 128 Å². The number of amides is 3. The van der Waals surface area contributed by atoms with E-state index in [1.165, 1.54) is 23.6 Å². The van der Waals surface area contributed by atoms with Crippen LogP contribution in [0.15, 0.2) is 24.3 Å². The van der Waals surface area contributed by atoms with Crippen LogP contribution in [0.2, 0.25) is 0 Å². The molecule has 1 aliphatic heterocycles. The molecule has 0 radical (unpaired) electrons. The maximum Gasteiger partial charge on any atom is 0.247 e. The standard InChI is InChI=1S/C15H18N2O3S/c1-9(2)21-13-8-14(19)17(15(13)20)12-6-4-11(5-7-12)16-10(3)18/h4-7,9,13H,8H2,1-3H3,(H,16,18)/t13-/m1/s1. The number of hydrogen-bond donors (Lipinski definition) is 1. The number of imide groups is 1. The summed E-state index contributed by atoms with van der Waals surface area (Å²) in [6, 6.07) is 6.70. The third kappa shape index (κ3) is 3.64. The van der Waals surface area contributed by atoms with Crippen LogP contribution in [0.3, 0.4) is 0 Å². The van der Waals surface area contributed by atoms with Crippen molar-refractivity contribution in [1.29, 1.82) is 0 Å². The van der Waals surface area contributed by atoms with Crippen molar-refractivity contribution in [3.05, 3.63) is 24.3 Å². The van der Waals surface area contributed by atoms with Gasteiger partial charge in [-0.05, 0) is 29.5 Å². The fourth-order valence-corrected chi connectivity index (χ4v) is 3.32. The average molecular weight is 306 g/mol. The molecule has 1 fully saturated rings. The summed E-state index contributed by atoms with van der Waals surface area (Å²) in [5, 5.41) is 2.65. The largest absolute Gasteiger partial charge is 0.326 e. The summed E-state index contributed by atoms with van der Waals surface area (Å²) < 4.78 is 0. The van der Waals surface area contributed by atoms with Crippen molar-refractivity contribution in [3.8, 4) is 0 Å². The van der Waals surface area contributed by atoms with Crippen LogP contribution in [0, 0.1) is 0 Å². The third-order valence-corrected chi connectivity index (χ3v) is 4.23. The fourth-order valence-electron chi connectivity index (χ4n) is 2.21. The number of carbonyl (C=O) groups is 3. The molecule has 1 aliphatic rings. The number of anilines is 2. The van der Waals surface area contributed by atoms with E-state index in [9.17, 15) is 14.4 Å². The first-order chi connectivity index (χ1) is 9.88. The topological polar surface area (TPSA) is 66.5 Å². The van der Waals surface area contributed by atoms with E-state index in [1.54, 1.807) is 24.3 Å². The van der Waals surface area contributed by atoms with Crippen LogP contribution in [0.25, 0.3) is 0 Å². The first-order valence-electron chi connectivity index (χ1n) is 6.78. The van der Waals surface area contributed by atoms with Crippen molar-refractivity contribution < 1.29 is 14.4 Å². The Morgan fingerprint density at radius 3 is 2.43 bits per heavy atom. The molecule has 3 amide bonds. The molecule has 1 N–H and O–H groups in total. The molecule has 1 atom stereocenters. The highest BCUT2D eigenvalue weighted by Crippen LogP contribution is 2.32. The van der Waals surface area contributed by atoms with E-state index < -0.39 is 0 Å². The highest BCUT2D eigenvalue weighted by molar-refractivity contribution is 8.01. The second-order valence-electron chi connectivity index (χ2n) is 5.17. The van der Waals surface area contributed by atoms with Gasteiger partial charge in [-0.15, -0.1) is 11.8 Å². The van der Waals surface area contributed by atoms with Crippen LogP contribution >= 0.6 is 11.8 Å². The SMILES string of the molecule is CC(=O)Nc1ccc(N2C(=O)C[C@@H](SC(C)C)C2=O)cc1. The molecular formula is C15H18N2O3S. The van der Waals surface area contributed by atoms with Gasteiger partial charge in [0.15, 0.2) is 0 Å². The second-order valence-corrected chi connectivity index (χ2v) is 6.96. The Morgan fingerprint density at radius 2 is 1.90 bits per heavy atom. The molecule has 1 saturated heterocycles. The number of benzene rings is 1. The van der Waals surface area contributed by atoms with Crippen LogP contribution in [0.1, 0.15) is 27.2 Å². The lowest BCUT2D eigenvalue weighted by Crippen LogP contribution is -2.31. The van der Waals surface area contributed by atoms with Crippen molar-refractivity contribution in [3.63, 3.8) is 0 Å². The van der Waals surface area contributed by atoms with Gasteiger partial charge in [-0.3, -0.25) is 14.4 Å². The Bertz CT molecular complexity index is 569. The van der Waals surface area contributed by atoms with Crippen molar-refractivity contribution in [2.75, 3.05) is 10.2 Å². The van der Waals surface area contributed by atoms with Crippen molar-refractivity contribution >= 4 is 40.9 Å². The van der Waals surface area contributed by atoms with Crippen molar-refractivity contribution in [2.24, 2.45) is 0 Å². The minimum Gasteiger partial charge on any atom is -0.326 e. The number of hydrogen-bond acceptors (Lipinski definition) is 4. The number of thioether (sulfide) groups is 1. The third-order valence-electron chi connectivity index (χ3n) is 2.99. The predicted molar refractivity (Wildman–Crippen MR) is 84.4 cm³/mol. The summed E-state index contributed by atoms with van der Waals surface area (Å²) in [7, 11) is 0. The lowest BCUT2D eigenvalue weighted by atomic mass is 10.2. The maximum atomic E-state index is 12.3. The molecule has 21 heavy (non-hydrogen) atoms. The van der Waals surface area contributed by atoms with Crippen LogP contribution < -0.4 is 10.2 Å². The van der Waals surface area contributed by atoms with Gasteiger partial charge in [0.05, 0.1) is 10.9 Å². The lowest BCUT2D eigenvalue weighted by Gasteiger charge is -2.16. The molecule has 2 rings (SSSR count). The average Bonchev–Trinajstić information content (AvgIpc) is 2.64. The molecule has 1 aromatic rings. The number of rotatable bonds is 4. The van der Waals surface area contributed by atoms with Gasteiger partial charge in [0.25, 0.3) is 0 Å². The monoisotopic (exact) mass is 306 g/mol. The van der Waals surface area contributed by atoms with Gasteiger partial charge in [0.1, 0.15) is 0 Å². The molecule has 112 valence electrons. The van der Waals surface area contributed by atoms with E-state index in [-0.39, 0.29) is 29.4 Å². The summed E-state index contributed by atoms with van der Waals surface area (Å²) in [6.45, 7) is 5.44. The van der Waals surface area contributed by atoms with Gasteiger partial charge in [-0.2, -0.15) is 0 Å². The molecule has 0 unspecified atom stereocenters. The minimum absolute atomic E-state index is 0.161. The van der Waals surface area contributed by atoms with E-state index in [1.807, 2.05) is 13.8 Å².